The fraction of sp³-hybridized carbons (Fsp3) is 0.143. The lowest BCUT2D eigenvalue weighted by Crippen LogP contribution is -2.16. The molecule has 8 aromatic rings. The average Bonchev–Trinajstić information content (AvgIpc) is 3.69. The number of fused-ring (bicyclic) bond motifs is 9. The summed E-state index contributed by atoms with van der Waals surface area (Å²) in [5.41, 5.74) is 8.73. The smallest absolute Gasteiger partial charge is 0.160 e. The molecule has 0 radical (unpaired) electrons. The summed E-state index contributed by atoms with van der Waals surface area (Å²) in [6.07, 6.45) is 5.04. The average molecular weight is 611 g/mol. The summed E-state index contributed by atoms with van der Waals surface area (Å²) in [5, 5.41) is 7.62. The number of rotatable bonds is 3. The van der Waals surface area contributed by atoms with E-state index in [1.807, 2.05) is 11.8 Å². The third kappa shape index (κ3) is 4.06. The van der Waals surface area contributed by atoms with Gasteiger partial charge in [0.25, 0.3) is 0 Å². The molecule has 1 fully saturated rings. The molecule has 0 bridgehead atoms. The Morgan fingerprint density at radius 1 is 0.587 bits per heavy atom. The molecule has 220 valence electrons. The lowest BCUT2D eigenvalue weighted by atomic mass is 9.86. The van der Waals surface area contributed by atoms with E-state index in [4.69, 9.17) is 14.4 Å². The standard InChI is InChI=1S/C42H30N2OS/c1-2-11-26(12-3-1)33-24-35-34-23-29(20-21-36(34)45-40(35)31-15-7-6-14-30(31)33)42-43-38(28-19-18-25-10-4-5-13-27(25)22-28)41-39(44-42)32-16-8-9-17-37(32)46-41/h1-7,10-15,18-24,32,37H,8-9,16-17H2. The van der Waals surface area contributed by atoms with E-state index in [1.165, 1.54) is 69.1 Å². The van der Waals surface area contributed by atoms with Crippen LogP contribution in [0.15, 0.2) is 131 Å². The van der Waals surface area contributed by atoms with E-state index in [1.54, 1.807) is 0 Å². The number of furan rings is 1. The van der Waals surface area contributed by atoms with Crippen LogP contribution in [0.5, 0.6) is 0 Å². The maximum absolute atomic E-state index is 6.58. The third-order valence-corrected chi connectivity index (χ3v) is 11.6. The third-order valence-electron chi connectivity index (χ3n) is 10.1. The van der Waals surface area contributed by atoms with Crippen molar-refractivity contribution in [2.75, 3.05) is 0 Å². The van der Waals surface area contributed by atoms with Gasteiger partial charge in [-0.25, -0.2) is 9.97 Å². The van der Waals surface area contributed by atoms with Crippen LogP contribution in [0.25, 0.3) is 77.3 Å². The van der Waals surface area contributed by atoms with E-state index in [9.17, 15) is 0 Å². The maximum atomic E-state index is 6.58. The highest BCUT2D eigenvalue weighted by Crippen LogP contribution is 2.54. The van der Waals surface area contributed by atoms with Gasteiger partial charge in [0.15, 0.2) is 5.82 Å². The summed E-state index contributed by atoms with van der Waals surface area (Å²) in [6.45, 7) is 0. The first-order valence-corrected chi connectivity index (χ1v) is 17.2. The molecule has 2 atom stereocenters. The number of benzene rings is 6. The minimum Gasteiger partial charge on any atom is -0.455 e. The molecule has 0 spiro atoms. The normalized spacial score (nSPS) is 17.6. The van der Waals surface area contributed by atoms with Crippen LogP contribution >= 0.6 is 11.8 Å². The Bertz CT molecular complexity index is 2480. The topological polar surface area (TPSA) is 38.9 Å². The van der Waals surface area contributed by atoms with E-state index in [0.29, 0.717) is 11.2 Å². The lowest BCUT2D eigenvalue weighted by molar-refractivity contribution is 0.454. The van der Waals surface area contributed by atoms with Crippen molar-refractivity contribution in [3.8, 4) is 33.8 Å². The van der Waals surface area contributed by atoms with Crippen molar-refractivity contribution in [1.82, 2.24) is 9.97 Å². The molecule has 1 saturated carbocycles. The molecule has 1 aliphatic heterocycles. The van der Waals surface area contributed by atoms with Crippen LogP contribution in [-0.4, -0.2) is 15.2 Å². The zero-order valence-corrected chi connectivity index (χ0v) is 26.1. The molecule has 6 aromatic carbocycles. The van der Waals surface area contributed by atoms with Crippen molar-refractivity contribution >= 4 is 55.2 Å². The minimum absolute atomic E-state index is 0.494. The van der Waals surface area contributed by atoms with Crippen LogP contribution in [0, 0.1) is 0 Å². The number of aromatic nitrogens is 2. The van der Waals surface area contributed by atoms with Gasteiger partial charge in [-0.2, -0.15) is 0 Å². The van der Waals surface area contributed by atoms with Crippen molar-refractivity contribution in [3.63, 3.8) is 0 Å². The first-order valence-electron chi connectivity index (χ1n) is 16.3. The van der Waals surface area contributed by atoms with Crippen LogP contribution in [0.2, 0.25) is 0 Å². The summed E-state index contributed by atoms with van der Waals surface area (Å²) in [6, 6.07) is 43.3. The lowest BCUT2D eigenvalue weighted by Gasteiger charge is -2.23. The number of thioether (sulfide) groups is 1. The molecule has 1 aliphatic carbocycles. The molecule has 0 saturated heterocycles. The second-order valence-corrected chi connectivity index (χ2v) is 14.0. The predicted molar refractivity (Wildman–Crippen MR) is 191 cm³/mol. The second kappa shape index (κ2) is 10.3. The van der Waals surface area contributed by atoms with Crippen molar-refractivity contribution in [2.45, 2.75) is 41.7 Å². The van der Waals surface area contributed by atoms with Crippen LogP contribution in [0.1, 0.15) is 37.3 Å². The molecule has 46 heavy (non-hydrogen) atoms. The van der Waals surface area contributed by atoms with Crippen LogP contribution in [0.3, 0.4) is 0 Å². The van der Waals surface area contributed by atoms with E-state index >= 15 is 0 Å². The van der Waals surface area contributed by atoms with Gasteiger partial charge < -0.3 is 4.42 Å². The molecule has 3 nitrogen and oxygen atoms in total. The Hall–Kier alpha value is -4.93. The zero-order valence-electron chi connectivity index (χ0n) is 25.2. The summed E-state index contributed by atoms with van der Waals surface area (Å²) in [5.74, 6) is 1.29. The van der Waals surface area contributed by atoms with Gasteiger partial charge in [0, 0.05) is 38.5 Å². The molecule has 3 heterocycles. The number of hydrogen-bond acceptors (Lipinski definition) is 4. The maximum Gasteiger partial charge on any atom is 0.160 e. The van der Waals surface area contributed by atoms with Gasteiger partial charge in [-0.15, -0.1) is 11.8 Å². The SMILES string of the molecule is c1ccc(-c2cc3c4cc(-c5nc(-c6ccc7ccccc7c6)c6c(n5)C5CCCCC5S6)ccc4oc3c3ccccc23)cc1. The fourth-order valence-corrected chi connectivity index (χ4v) is 9.40. The highest BCUT2D eigenvalue weighted by Gasteiger charge is 2.39. The fourth-order valence-electron chi connectivity index (χ4n) is 7.79. The van der Waals surface area contributed by atoms with Gasteiger partial charge >= 0.3 is 0 Å². The highest BCUT2D eigenvalue weighted by molar-refractivity contribution is 8.00. The molecule has 4 heteroatoms. The quantitative estimate of drug-likeness (QED) is 0.199. The first kappa shape index (κ1) is 26.3. The summed E-state index contributed by atoms with van der Waals surface area (Å²) in [4.78, 5) is 12.0. The molecule has 2 aliphatic rings. The summed E-state index contributed by atoms with van der Waals surface area (Å²) >= 11 is 2.02. The van der Waals surface area contributed by atoms with Crippen molar-refractivity contribution in [2.24, 2.45) is 0 Å². The van der Waals surface area contributed by atoms with Crippen LogP contribution in [-0.2, 0) is 0 Å². The number of nitrogens with zero attached hydrogens (tertiary/aromatic N) is 2. The van der Waals surface area contributed by atoms with Crippen LogP contribution in [0.4, 0.5) is 0 Å². The monoisotopic (exact) mass is 610 g/mol. The molecule has 0 amide bonds. The Labute approximate surface area is 271 Å². The number of hydrogen-bond donors (Lipinski definition) is 0. The summed E-state index contributed by atoms with van der Waals surface area (Å²) < 4.78 is 6.58. The minimum atomic E-state index is 0.494. The Balaban J connectivity index is 1.19. The van der Waals surface area contributed by atoms with E-state index in [2.05, 4.69) is 121 Å². The molecule has 0 N–H and O–H groups in total. The Morgan fingerprint density at radius 2 is 1.37 bits per heavy atom. The van der Waals surface area contributed by atoms with Gasteiger partial charge in [-0.05, 0) is 70.5 Å². The molecule has 2 unspecified atom stereocenters. The van der Waals surface area contributed by atoms with Gasteiger partial charge in [0.05, 0.1) is 16.3 Å². The highest BCUT2D eigenvalue weighted by atomic mass is 32.2. The van der Waals surface area contributed by atoms with E-state index in [0.717, 1.165) is 44.4 Å². The summed E-state index contributed by atoms with van der Waals surface area (Å²) in [7, 11) is 0. The van der Waals surface area contributed by atoms with E-state index < -0.39 is 0 Å². The predicted octanol–water partition coefficient (Wildman–Crippen LogP) is 11.8. The molecular weight excluding hydrogens is 581 g/mol. The van der Waals surface area contributed by atoms with Gasteiger partial charge in [0.1, 0.15) is 11.2 Å². The zero-order chi connectivity index (χ0) is 30.2. The Morgan fingerprint density at radius 3 is 2.28 bits per heavy atom. The molecular formula is C42H30N2OS. The van der Waals surface area contributed by atoms with Crippen LogP contribution < -0.4 is 0 Å². The largest absolute Gasteiger partial charge is 0.455 e. The second-order valence-electron chi connectivity index (χ2n) is 12.7. The first-order chi connectivity index (χ1) is 22.8. The van der Waals surface area contributed by atoms with Crippen molar-refractivity contribution in [1.29, 1.82) is 0 Å². The van der Waals surface area contributed by atoms with Gasteiger partial charge in [0.2, 0.25) is 0 Å². The van der Waals surface area contributed by atoms with Crippen molar-refractivity contribution in [3.05, 3.63) is 127 Å². The molecule has 2 aromatic heterocycles. The van der Waals surface area contributed by atoms with Crippen molar-refractivity contribution < 1.29 is 4.42 Å². The molecule has 10 rings (SSSR count). The van der Waals surface area contributed by atoms with E-state index in [-0.39, 0.29) is 0 Å². The van der Waals surface area contributed by atoms with Gasteiger partial charge in [-0.1, -0.05) is 104 Å². The van der Waals surface area contributed by atoms with Gasteiger partial charge in [-0.3, -0.25) is 0 Å². The Kier molecular flexibility index (Phi) is 5.89.